The third-order valence-electron chi connectivity index (χ3n) is 2.45. The van der Waals surface area contributed by atoms with Gasteiger partial charge in [-0.3, -0.25) is 4.68 Å². The minimum absolute atomic E-state index is 0.294. The Bertz CT molecular complexity index is 273. The lowest BCUT2D eigenvalue weighted by Gasteiger charge is -2.07. The van der Waals surface area contributed by atoms with E-state index in [1.165, 1.54) is 5.56 Å². The molecule has 86 valence electrons. The molecule has 0 aromatic carbocycles. The second-order valence-corrected chi connectivity index (χ2v) is 4.13. The summed E-state index contributed by atoms with van der Waals surface area (Å²) < 4.78 is 1.81. The highest BCUT2D eigenvalue weighted by Crippen LogP contribution is 2.03. The predicted molar refractivity (Wildman–Crippen MR) is 60.4 cm³/mol. The van der Waals surface area contributed by atoms with Crippen molar-refractivity contribution in [3.63, 3.8) is 0 Å². The number of rotatable bonds is 7. The Morgan fingerprint density at radius 2 is 2.40 bits per heavy atom. The van der Waals surface area contributed by atoms with Crippen molar-refractivity contribution in [1.29, 1.82) is 0 Å². The van der Waals surface area contributed by atoms with Crippen molar-refractivity contribution in [2.75, 3.05) is 13.2 Å². The van der Waals surface area contributed by atoms with Crippen LogP contribution in [0.5, 0.6) is 0 Å². The smallest absolute Gasteiger partial charge is 0.0534 e. The summed E-state index contributed by atoms with van der Waals surface area (Å²) >= 11 is 0. The topological polar surface area (TPSA) is 50.1 Å². The molecule has 0 aliphatic rings. The Labute approximate surface area is 91.3 Å². The average molecular weight is 211 g/mol. The molecule has 0 radical (unpaired) electrons. The molecule has 0 saturated heterocycles. The Kier molecular flexibility index (Phi) is 5.36. The first-order valence-corrected chi connectivity index (χ1v) is 5.51. The van der Waals surface area contributed by atoms with E-state index >= 15 is 0 Å². The molecule has 0 fully saturated rings. The van der Waals surface area contributed by atoms with Crippen LogP contribution < -0.4 is 5.32 Å². The van der Waals surface area contributed by atoms with Crippen LogP contribution in [0.1, 0.15) is 25.3 Å². The zero-order chi connectivity index (χ0) is 11.1. The van der Waals surface area contributed by atoms with Gasteiger partial charge in [0.15, 0.2) is 0 Å². The molecule has 2 N–H and O–H groups in total. The molecule has 0 aliphatic carbocycles. The van der Waals surface area contributed by atoms with E-state index in [2.05, 4.69) is 17.3 Å². The molecule has 4 heteroatoms. The zero-order valence-corrected chi connectivity index (χ0v) is 9.61. The standard InChI is InChI=1S/C11H21N3O/c1-10(9-15)4-3-5-12-6-11-7-13-14(2)8-11/h7-8,10,12,15H,3-6,9H2,1-2H3. The van der Waals surface area contributed by atoms with Crippen LogP contribution in [0.2, 0.25) is 0 Å². The van der Waals surface area contributed by atoms with E-state index in [0.717, 1.165) is 25.9 Å². The minimum Gasteiger partial charge on any atom is -0.396 e. The molecule has 1 rings (SSSR count). The molecule has 15 heavy (non-hydrogen) atoms. The van der Waals surface area contributed by atoms with E-state index in [4.69, 9.17) is 5.11 Å². The van der Waals surface area contributed by atoms with Crippen molar-refractivity contribution in [1.82, 2.24) is 15.1 Å². The van der Waals surface area contributed by atoms with Gasteiger partial charge in [0.1, 0.15) is 0 Å². The van der Waals surface area contributed by atoms with Gasteiger partial charge in [-0.2, -0.15) is 5.10 Å². The van der Waals surface area contributed by atoms with E-state index < -0.39 is 0 Å². The monoisotopic (exact) mass is 211 g/mol. The van der Waals surface area contributed by atoms with Gasteiger partial charge in [0.05, 0.1) is 6.20 Å². The molecule has 0 spiro atoms. The second-order valence-electron chi connectivity index (χ2n) is 4.13. The third-order valence-corrected chi connectivity index (χ3v) is 2.45. The first-order chi connectivity index (χ1) is 7.22. The molecular weight excluding hydrogens is 190 g/mol. The summed E-state index contributed by atoms with van der Waals surface area (Å²) in [7, 11) is 1.92. The number of aryl methyl sites for hydroxylation is 1. The number of aromatic nitrogens is 2. The first-order valence-electron chi connectivity index (χ1n) is 5.51. The lowest BCUT2D eigenvalue weighted by atomic mass is 10.1. The van der Waals surface area contributed by atoms with Crippen molar-refractivity contribution in [2.45, 2.75) is 26.3 Å². The van der Waals surface area contributed by atoms with E-state index in [1.54, 1.807) is 0 Å². The maximum absolute atomic E-state index is 8.84. The van der Waals surface area contributed by atoms with Gasteiger partial charge in [0.25, 0.3) is 0 Å². The van der Waals surface area contributed by atoms with Gasteiger partial charge in [0, 0.05) is 32.0 Å². The van der Waals surface area contributed by atoms with Crippen LogP contribution >= 0.6 is 0 Å². The van der Waals surface area contributed by atoms with Crippen molar-refractivity contribution >= 4 is 0 Å². The van der Waals surface area contributed by atoms with Gasteiger partial charge in [-0.05, 0) is 25.3 Å². The largest absolute Gasteiger partial charge is 0.396 e. The van der Waals surface area contributed by atoms with Crippen LogP contribution in [-0.2, 0) is 13.6 Å². The Morgan fingerprint density at radius 1 is 1.60 bits per heavy atom. The quantitative estimate of drug-likeness (QED) is 0.659. The molecule has 1 aromatic rings. The Hall–Kier alpha value is -0.870. The number of nitrogens with zero attached hydrogens (tertiary/aromatic N) is 2. The minimum atomic E-state index is 0.294. The molecule has 0 aliphatic heterocycles. The van der Waals surface area contributed by atoms with Gasteiger partial charge in [-0.25, -0.2) is 0 Å². The summed E-state index contributed by atoms with van der Waals surface area (Å²) in [6.07, 6.45) is 6.09. The Morgan fingerprint density at radius 3 is 3.00 bits per heavy atom. The van der Waals surface area contributed by atoms with E-state index in [-0.39, 0.29) is 0 Å². The fraction of sp³-hybridized carbons (Fsp3) is 0.727. The number of hydrogen-bond donors (Lipinski definition) is 2. The second kappa shape index (κ2) is 6.58. The molecule has 0 amide bonds. The lowest BCUT2D eigenvalue weighted by Crippen LogP contribution is -2.15. The fourth-order valence-electron chi connectivity index (χ4n) is 1.46. The molecule has 1 atom stereocenters. The van der Waals surface area contributed by atoms with Crippen LogP contribution in [0.15, 0.2) is 12.4 Å². The summed E-state index contributed by atoms with van der Waals surface area (Å²) in [6, 6.07) is 0. The molecule has 4 nitrogen and oxygen atoms in total. The molecule has 1 aromatic heterocycles. The van der Waals surface area contributed by atoms with E-state index in [0.29, 0.717) is 12.5 Å². The molecule has 0 bridgehead atoms. The third kappa shape index (κ3) is 4.95. The Balaban J connectivity index is 2.02. The summed E-state index contributed by atoms with van der Waals surface area (Å²) in [4.78, 5) is 0. The van der Waals surface area contributed by atoms with Crippen LogP contribution in [0.25, 0.3) is 0 Å². The summed E-state index contributed by atoms with van der Waals surface area (Å²) in [6.45, 7) is 4.24. The van der Waals surface area contributed by atoms with Crippen LogP contribution in [0.4, 0.5) is 0 Å². The normalized spacial score (nSPS) is 13.0. The summed E-state index contributed by atoms with van der Waals surface area (Å²) in [5, 5.41) is 16.3. The van der Waals surface area contributed by atoms with Gasteiger partial charge >= 0.3 is 0 Å². The van der Waals surface area contributed by atoms with Gasteiger partial charge in [-0.1, -0.05) is 6.92 Å². The average Bonchev–Trinajstić information content (AvgIpc) is 2.63. The van der Waals surface area contributed by atoms with Crippen molar-refractivity contribution < 1.29 is 5.11 Å². The highest BCUT2D eigenvalue weighted by atomic mass is 16.3. The SMILES string of the molecule is CC(CO)CCCNCc1cnn(C)c1. The lowest BCUT2D eigenvalue weighted by molar-refractivity contribution is 0.228. The summed E-state index contributed by atoms with van der Waals surface area (Å²) in [5.74, 6) is 0.421. The first kappa shape index (κ1) is 12.2. The van der Waals surface area contributed by atoms with Crippen LogP contribution in [0.3, 0.4) is 0 Å². The van der Waals surface area contributed by atoms with Crippen molar-refractivity contribution in [3.8, 4) is 0 Å². The molecular formula is C11H21N3O. The highest BCUT2D eigenvalue weighted by molar-refractivity contribution is 5.02. The maximum Gasteiger partial charge on any atom is 0.0534 e. The summed E-state index contributed by atoms with van der Waals surface area (Å²) in [5.41, 5.74) is 1.22. The molecule has 1 heterocycles. The number of hydrogen-bond acceptors (Lipinski definition) is 3. The van der Waals surface area contributed by atoms with Gasteiger partial charge in [-0.15, -0.1) is 0 Å². The van der Waals surface area contributed by atoms with E-state index in [9.17, 15) is 0 Å². The molecule has 1 unspecified atom stereocenters. The van der Waals surface area contributed by atoms with Gasteiger partial charge in [0.2, 0.25) is 0 Å². The van der Waals surface area contributed by atoms with Crippen LogP contribution in [-0.4, -0.2) is 28.0 Å². The predicted octanol–water partition coefficient (Wildman–Crippen LogP) is 0.918. The van der Waals surface area contributed by atoms with Gasteiger partial charge < -0.3 is 10.4 Å². The number of aliphatic hydroxyl groups is 1. The van der Waals surface area contributed by atoms with Crippen molar-refractivity contribution in [2.24, 2.45) is 13.0 Å². The molecule has 0 saturated carbocycles. The maximum atomic E-state index is 8.84. The number of nitrogens with one attached hydrogen (secondary N) is 1. The highest BCUT2D eigenvalue weighted by Gasteiger charge is 1.99. The number of aliphatic hydroxyl groups excluding tert-OH is 1. The van der Waals surface area contributed by atoms with Crippen molar-refractivity contribution in [3.05, 3.63) is 18.0 Å². The van der Waals surface area contributed by atoms with Crippen LogP contribution in [0, 0.1) is 5.92 Å². The fourth-order valence-corrected chi connectivity index (χ4v) is 1.46. The zero-order valence-electron chi connectivity index (χ0n) is 9.61. The van der Waals surface area contributed by atoms with E-state index in [1.807, 2.05) is 24.1 Å².